The van der Waals surface area contributed by atoms with Crippen molar-refractivity contribution in [3.05, 3.63) is 48.0 Å². The first-order valence-electron chi connectivity index (χ1n) is 7.08. The molecule has 0 fully saturated rings. The van der Waals surface area contributed by atoms with Crippen LogP contribution in [0.1, 0.15) is 5.56 Å². The van der Waals surface area contributed by atoms with Crippen molar-refractivity contribution in [2.75, 3.05) is 12.4 Å². The topological polar surface area (TPSA) is 100 Å². The van der Waals surface area contributed by atoms with Crippen LogP contribution in [0.25, 0.3) is 22.0 Å². The Morgan fingerprint density at radius 3 is 2.65 bits per heavy atom. The monoisotopic (exact) mass is 311 g/mol. The molecular weight excluding hydrogens is 294 g/mol. The molecule has 6 nitrogen and oxygen atoms in total. The third-order valence-electron chi connectivity index (χ3n) is 3.67. The number of ether oxygens (including phenoxy) is 1. The Morgan fingerprint density at radius 2 is 1.96 bits per heavy atom. The van der Waals surface area contributed by atoms with Crippen molar-refractivity contribution in [1.29, 1.82) is 0 Å². The molecule has 0 radical (unpaired) electrons. The molecule has 0 aliphatic rings. The second kappa shape index (κ2) is 6.02. The lowest BCUT2D eigenvalue weighted by atomic mass is 10.0. The summed E-state index contributed by atoms with van der Waals surface area (Å²) in [6, 6.07) is 12.8. The number of aliphatic hydroxyl groups is 1. The van der Waals surface area contributed by atoms with Crippen molar-refractivity contribution in [1.82, 2.24) is 4.98 Å². The first kappa shape index (κ1) is 14.9. The highest BCUT2D eigenvalue weighted by Crippen LogP contribution is 2.30. The molecule has 0 saturated carbocycles. The summed E-state index contributed by atoms with van der Waals surface area (Å²) >= 11 is 0. The molecule has 0 aliphatic carbocycles. The number of nitrogens with two attached hydrogens (primary N) is 1. The average Bonchev–Trinajstić information content (AvgIpc) is 2.94. The Labute approximate surface area is 132 Å². The zero-order valence-electron chi connectivity index (χ0n) is 12.6. The summed E-state index contributed by atoms with van der Waals surface area (Å²) in [6.45, 7) is -0.0682. The van der Waals surface area contributed by atoms with Crippen molar-refractivity contribution >= 4 is 22.8 Å². The molecule has 3 rings (SSSR count). The van der Waals surface area contributed by atoms with Gasteiger partial charge >= 0.3 is 6.03 Å². The molecule has 5 N–H and O–H groups in total. The summed E-state index contributed by atoms with van der Waals surface area (Å²) in [7, 11) is 1.58. The average molecular weight is 311 g/mol. The minimum atomic E-state index is -0.610. The number of rotatable bonds is 4. The van der Waals surface area contributed by atoms with E-state index in [0.29, 0.717) is 11.6 Å². The smallest absolute Gasteiger partial charge is 0.317 e. The molecule has 0 aliphatic heterocycles. The van der Waals surface area contributed by atoms with Gasteiger partial charge in [0.25, 0.3) is 0 Å². The number of aromatic amines is 1. The number of nitrogens with one attached hydrogen (secondary N) is 2. The molecular formula is C17H17N3O3. The largest absolute Gasteiger partial charge is 0.496 e. The molecule has 0 saturated heterocycles. The number of hydrogen-bond acceptors (Lipinski definition) is 3. The van der Waals surface area contributed by atoms with E-state index in [2.05, 4.69) is 10.3 Å². The second-order valence-electron chi connectivity index (χ2n) is 5.16. The van der Waals surface area contributed by atoms with Crippen molar-refractivity contribution in [3.8, 4) is 16.9 Å². The first-order valence-corrected chi connectivity index (χ1v) is 7.08. The highest BCUT2D eigenvalue weighted by Gasteiger charge is 2.08. The number of primary amides is 1. The van der Waals surface area contributed by atoms with E-state index in [4.69, 9.17) is 10.5 Å². The van der Waals surface area contributed by atoms with Crippen LogP contribution in [0, 0.1) is 0 Å². The maximum atomic E-state index is 10.9. The minimum absolute atomic E-state index is 0.0682. The van der Waals surface area contributed by atoms with Crippen molar-refractivity contribution < 1.29 is 14.6 Å². The van der Waals surface area contributed by atoms with Gasteiger partial charge in [-0.1, -0.05) is 24.3 Å². The number of aliphatic hydroxyl groups excluding tert-OH is 1. The van der Waals surface area contributed by atoms with Crippen molar-refractivity contribution in [3.63, 3.8) is 0 Å². The van der Waals surface area contributed by atoms with E-state index >= 15 is 0 Å². The molecule has 3 aromatic rings. The second-order valence-corrected chi connectivity index (χ2v) is 5.16. The van der Waals surface area contributed by atoms with E-state index in [-0.39, 0.29) is 6.61 Å². The fourth-order valence-corrected chi connectivity index (χ4v) is 2.56. The maximum absolute atomic E-state index is 10.9. The molecule has 0 atom stereocenters. The van der Waals surface area contributed by atoms with Gasteiger partial charge in [0.15, 0.2) is 0 Å². The van der Waals surface area contributed by atoms with Crippen LogP contribution in [0.5, 0.6) is 5.75 Å². The number of fused-ring (bicyclic) bond motifs is 1. The molecule has 1 aromatic heterocycles. The van der Waals surface area contributed by atoms with E-state index in [1.807, 2.05) is 42.5 Å². The van der Waals surface area contributed by atoms with E-state index in [9.17, 15) is 9.90 Å². The van der Waals surface area contributed by atoms with Crippen LogP contribution in [0.2, 0.25) is 0 Å². The van der Waals surface area contributed by atoms with E-state index < -0.39 is 6.03 Å². The van der Waals surface area contributed by atoms with Gasteiger partial charge < -0.3 is 20.6 Å². The van der Waals surface area contributed by atoms with Crippen molar-refractivity contribution in [2.24, 2.45) is 5.73 Å². The van der Waals surface area contributed by atoms with Gasteiger partial charge in [-0.15, -0.1) is 0 Å². The van der Waals surface area contributed by atoms with Gasteiger partial charge in [0.1, 0.15) is 11.6 Å². The maximum Gasteiger partial charge on any atom is 0.317 e. The van der Waals surface area contributed by atoms with Crippen LogP contribution in [0.4, 0.5) is 10.6 Å². The summed E-state index contributed by atoms with van der Waals surface area (Å²) in [5, 5.41) is 12.8. The summed E-state index contributed by atoms with van der Waals surface area (Å²) in [4.78, 5) is 14.0. The molecule has 2 aromatic carbocycles. The number of H-pyrrole nitrogens is 1. The summed E-state index contributed by atoms with van der Waals surface area (Å²) in [5.41, 5.74) is 8.71. The third kappa shape index (κ3) is 2.97. The lowest BCUT2D eigenvalue weighted by Crippen LogP contribution is -2.19. The van der Waals surface area contributed by atoms with Gasteiger partial charge in [-0.05, 0) is 29.3 Å². The van der Waals surface area contributed by atoms with Gasteiger partial charge in [-0.2, -0.15) is 0 Å². The molecule has 118 valence electrons. The minimum Gasteiger partial charge on any atom is -0.496 e. The van der Waals surface area contributed by atoms with Crippen LogP contribution < -0.4 is 15.8 Å². The number of urea groups is 1. The molecule has 1 heterocycles. The number of hydrogen-bond donors (Lipinski definition) is 4. The fraction of sp³-hybridized carbons (Fsp3) is 0.118. The summed E-state index contributed by atoms with van der Waals surface area (Å²) in [5.74, 6) is 1.20. The molecule has 0 unspecified atom stereocenters. The number of anilines is 1. The number of carbonyl (C=O) groups excluding carboxylic acids is 1. The lowest BCUT2D eigenvalue weighted by Gasteiger charge is -2.09. The van der Waals surface area contributed by atoms with Gasteiger partial charge in [-0.3, -0.25) is 5.32 Å². The SMILES string of the molecule is COc1cc(-c2ccc3cc(NC(N)=O)[nH]c3c2)ccc1CO. The quantitative estimate of drug-likeness (QED) is 0.596. The van der Waals surface area contributed by atoms with Crippen LogP contribution >= 0.6 is 0 Å². The number of methoxy groups -OCH3 is 1. The number of benzene rings is 2. The van der Waals surface area contributed by atoms with E-state index in [1.165, 1.54) is 0 Å². The standard InChI is InChI=1S/C17H17N3O3/c1-23-15-7-11(3-5-13(15)9-21)10-2-4-12-8-16(20-17(18)22)19-14(12)6-10/h2-8,19,21H,9H2,1H3,(H3,18,20,22). The predicted octanol–water partition coefficient (Wildman–Crippen LogP) is 2.83. The van der Waals surface area contributed by atoms with Crippen LogP contribution in [-0.4, -0.2) is 23.2 Å². The van der Waals surface area contributed by atoms with Crippen molar-refractivity contribution in [2.45, 2.75) is 6.61 Å². The van der Waals surface area contributed by atoms with Gasteiger partial charge in [0, 0.05) is 16.5 Å². The van der Waals surface area contributed by atoms with E-state index in [0.717, 1.165) is 27.6 Å². The lowest BCUT2D eigenvalue weighted by molar-refractivity contribution is 0.259. The Balaban J connectivity index is 2.01. The van der Waals surface area contributed by atoms with Crippen LogP contribution in [0.3, 0.4) is 0 Å². The van der Waals surface area contributed by atoms with Gasteiger partial charge in [0.05, 0.1) is 13.7 Å². The zero-order valence-corrected chi connectivity index (χ0v) is 12.6. The Morgan fingerprint density at radius 1 is 1.22 bits per heavy atom. The third-order valence-corrected chi connectivity index (χ3v) is 3.67. The number of carbonyl (C=O) groups is 1. The normalized spacial score (nSPS) is 10.7. The predicted molar refractivity (Wildman–Crippen MR) is 89.4 cm³/mol. The van der Waals surface area contributed by atoms with Gasteiger partial charge in [0.2, 0.25) is 0 Å². The Hall–Kier alpha value is -2.99. The highest BCUT2D eigenvalue weighted by atomic mass is 16.5. The molecule has 0 bridgehead atoms. The summed E-state index contributed by atoms with van der Waals surface area (Å²) < 4.78 is 5.30. The Bertz CT molecular complexity index is 871. The molecule has 23 heavy (non-hydrogen) atoms. The Kier molecular flexibility index (Phi) is 3.91. The van der Waals surface area contributed by atoms with Crippen LogP contribution in [-0.2, 0) is 6.61 Å². The van der Waals surface area contributed by atoms with Gasteiger partial charge in [-0.25, -0.2) is 4.79 Å². The fourth-order valence-electron chi connectivity index (χ4n) is 2.56. The number of amides is 2. The molecule has 6 heteroatoms. The first-order chi connectivity index (χ1) is 11.1. The van der Waals surface area contributed by atoms with Crippen LogP contribution in [0.15, 0.2) is 42.5 Å². The molecule has 2 amide bonds. The molecule has 0 spiro atoms. The summed E-state index contributed by atoms with van der Waals surface area (Å²) in [6.07, 6.45) is 0. The zero-order chi connectivity index (χ0) is 16.4. The van der Waals surface area contributed by atoms with E-state index in [1.54, 1.807) is 7.11 Å². The highest BCUT2D eigenvalue weighted by molar-refractivity contribution is 5.93. The number of aromatic nitrogens is 1.